The fraction of sp³-hybridized carbons (Fsp3) is 0.478. The molecule has 1 atom stereocenters. The van der Waals surface area contributed by atoms with Gasteiger partial charge in [-0.15, -0.1) is 0 Å². The molecule has 0 unspecified atom stereocenters. The number of carbonyl (C=O) groups is 2. The summed E-state index contributed by atoms with van der Waals surface area (Å²) in [6, 6.07) is 6.81. The monoisotopic (exact) mass is 515 g/mol. The Bertz CT molecular complexity index is 1300. The summed E-state index contributed by atoms with van der Waals surface area (Å²) < 4.78 is 34.8. The maximum absolute atomic E-state index is 14.1. The van der Waals surface area contributed by atoms with Crippen LogP contribution < -0.4 is 20.9 Å². The number of anilines is 2. The van der Waals surface area contributed by atoms with E-state index < -0.39 is 24.1 Å². The van der Waals surface area contributed by atoms with Gasteiger partial charge in [0.1, 0.15) is 0 Å². The minimum Gasteiger partial charge on any atom is -0.378 e. The maximum atomic E-state index is 14.1. The Kier molecular flexibility index (Phi) is 7.08. The Morgan fingerprint density at radius 3 is 2.46 bits per heavy atom. The number of imidazole rings is 1. The first-order valence-corrected chi connectivity index (χ1v) is 12.1. The zero-order chi connectivity index (χ0) is 25.9. The van der Waals surface area contributed by atoms with Crippen LogP contribution in [0.5, 0.6) is 0 Å². The molecule has 1 aromatic carbocycles. The summed E-state index contributed by atoms with van der Waals surface area (Å²) >= 11 is 0. The molecular weight excluding hydrogens is 488 g/mol. The highest BCUT2D eigenvalue weighted by molar-refractivity contribution is 5.85. The topological polar surface area (TPSA) is 144 Å². The molecule has 2 saturated heterocycles. The van der Waals surface area contributed by atoms with E-state index in [-0.39, 0.29) is 24.3 Å². The number of fused-ring (bicyclic) bond motifs is 1. The molecule has 0 aliphatic carbocycles. The lowest BCUT2D eigenvalue weighted by atomic mass is 9.97. The van der Waals surface area contributed by atoms with E-state index in [1.165, 1.54) is 4.57 Å². The number of hydrogen-bond donors (Lipinski definition) is 2. The van der Waals surface area contributed by atoms with E-state index in [1.807, 2.05) is 9.80 Å². The summed E-state index contributed by atoms with van der Waals surface area (Å²) in [7, 11) is 0. The molecule has 5 rings (SSSR count). The second-order valence-corrected chi connectivity index (χ2v) is 8.90. The summed E-state index contributed by atoms with van der Waals surface area (Å²) in [4.78, 5) is 45.4. The van der Waals surface area contributed by atoms with Gasteiger partial charge in [-0.05, 0) is 25.0 Å². The highest BCUT2D eigenvalue weighted by atomic mass is 19.3. The van der Waals surface area contributed by atoms with Gasteiger partial charge in [-0.25, -0.2) is 13.8 Å². The Morgan fingerprint density at radius 1 is 1.03 bits per heavy atom. The van der Waals surface area contributed by atoms with Gasteiger partial charge in [0.05, 0.1) is 36.7 Å². The van der Waals surface area contributed by atoms with Crippen molar-refractivity contribution in [2.75, 3.05) is 55.7 Å². The Balaban J connectivity index is 1.55. The number of ether oxygens (including phenoxy) is 1. The third-order valence-electron chi connectivity index (χ3n) is 6.39. The summed E-state index contributed by atoms with van der Waals surface area (Å²) in [6.07, 6.45) is -1.55. The van der Waals surface area contributed by atoms with Crippen LogP contribution in [-0.2, 0) is 14.3 Å². The first-order chi connectivity index (χ1) is 17.9. The van der Waals surface area contributed by atoms with Crippen LogP contribution in [0.4, 0.5) is 20.7 Å². The number of alkyl halides is 2. The molecular formula is C23H27F2N9O3. The van der Waals surface area contributed by atoms with Crippen molar-refractivity contribution in [3.63, 3.8) is 0 Å². The second kappa shape index (κ2) is 10.6. The molecule has 2 aromatic heterocycles. The van der Waals surface area contributed by atoms with E-state index >= 15 is 0 Å². The fourth-order valence-electron chi connectivity index (χ4n) is 4.58. The first-order valence-electron chi connectivity index (χ1n) is 12.1. The van der Waals surface area contributed by atoms with E-state index in [2.05, 4.69) is 25.3 Å². The number of hydrogen-bond acceptors (Lipinski definition) is 9. The second-order valence-electron chi connectivity index (χ2n) is 8.90. The predicted molar refractivity (Wildman–Crippen MR) is 130 cm³/mol. The molecule has 12 nitrogen and oxygen atoms in total. The van der Waals surface area contributed by atoms with Crippen LogP contribution in [0.1, 0.15) is 25.1 Å². The minimum absolute atomic E-state index is 0.0239. The number of amides is 2. The normalized spacial score (nSPS) is 18.4. The number of nitrogens with zero attached hydrogens (tertiary/aromatic N) is 7. The van der Waals surface area contributed by atoms with Gasteiger partial charge in [-0.3, -0.25) is 14.2 Å². The zero-order valence-corrected chi connectivity index (χ0v) is 20.0. The van der Waals surface area contributed by atoms with E-state index in [1.54, 1.807) is 24.3 Å². The van der Waals surface area contributed by atoms with E-state index in [4.69, 9.17) is 10.5 Å². The number of aromatic nitrogens is 5. The molecule has 0 radical (unpaired) electrons. The van der Waals surface area contributed by atoms with Gasteiger partial charge in [0.25, 0.3) is 6.43 Å². The molecule has 37 heavy (non-hydrogen) atoms. The van der Waals surface area contributed by atoms with Gasteiger partial charge in [-0.2, -0.15) is 15.0 Å². The van der Waals surface area contributed by atoms with Crippen LogP contribution in [0.25, 0.3) is 17.0 Å². The Hall–Kier alpha value is -3.94. The van der Waals surface area contributed by atoms with Crippen molar-refractivity contribution in [1.29, 1.82) is 0 Å². The number of para-hydroxylation sites is 2. The largest absolute Gasteiger partial charge is 0.378 e. The maximum Gasteiger partial charge on any atom is 0.296 e. The third-order valence-corrected chi connectivity index (χ3v) is 6.39. The van der Waals surface area contributed by atoms with Gasteiger partial charge < -0.3 is 25.6 Å². The third kappa shape index (κ3) is 5.28. The summed E-state index contributed by atoms with van der Waals surface area (Å²) in [6.45, 7) is 2.66. The summed E-state index contributed by atoms with van der Waals surface area (Å²) in [5.74, 6) is -1.15. The number of nitrogens with one attached hydrogen (secondary N) is 1. The van der Waals surface area contributed by atoms with Gasteiger partial charge in [0, 0.05) is 26.2 Å². The van der Waals surface area contributed by atoms with Crippen molar-refractivity contribution in [2.24, 2.45) is 11.7 Å². The van der Waals surface area contributed by atoms with E-state index in [0.717, 1.165) is 0 Å². The number of piperidine rings is 1. The molecule has 2 aliphatic heterocycles. The lowest BCUT2D eigenvalue weighted by Crippen LogP contribution is -2.45. The van der Waals surface area contributed by atoms with Crippen LogP contribution in [0.2, 0.25) is 0 Å². The molecule has 4 heterocycles. The molecule has 2 aliphatic rings. The lowest BCUT2D eigenvalue weighted by molar-refractivity contribution is -0.127. The molecule has 0 saturated carbocycles. The van der Waals surface area contributed by atoms with Crippen LogP contribution in [0.15, 0.2) is 24.3 Å². The number of morpholine rings is 1. The zero-order valence-electron chi connectivity index (χ0n) is 20.0. The average molecular weight is 516 g/mol. The lowest BCUT2D eigenvalue weighted by Gasteiger charge is -2.33. The Labute approximate surface area is 210 Å². The molecule has 3 aromatic rings. The molecule has 14 heteroatoms. The molecule has 0 bridgehead atoms. The highest BCUT2D eigenvalue weighted by Gasteiger charge is 2.30. The number of halogens is 2. The van der Waals surface area contributed by atoms with Crippen molar-refractivity contribution in [3.8, 4) is 5.95 Å². The highest BCUT2D eigenvalue weighted by Crippen LogP contribution is 2.29. The van der Waals surface area contributed by atoms with Crippen LogP contribution in [0, 0.1) is 5.92 Å². The molecule has 0 spiro atoms. The number of benzene rings is 1. The standard InChI is InChI=1S/C23H27F2N9O3/c24-18(25)19-28-15-5-1-2-6-16(15)34(19)23-30-21(32-8-10-37-11-9-32)29-22(31-23)33-7-3-4-14(13-33)20(36)27-12-17(26)35/h1-2,5-6,14,18H,3-4,7-13H2,(H2,26,35)(H,27,36)/t14-/m0/s1. The number of nitrogens with two attached hydrogens (primary N) is 1. The van der Waals surface area contributed by atoms with Crippen molar-refractivity contribution in [1.82, 2.24) is 29.8 Å². The van der Waals surface area contributed by atoms with Crippen molar-refractivity contribution < 1.29 is 23.1 Å². The quantitative estimate of drug-likeness (QED) is 0.467. The average Bonchev–Trinajstić information content (AvgIpc) is 3.32. The van der Waals surface area contributed by atoms with Gasteiger partial charge >= 0.3 is 0 Å². The number of carbonyl (C=O) groups excluding carboxylic acids is 2. The minimum atomic E-state index is -2.85. The molecule has 2 fully saturated rings. The molecule has 3 N–H and O–H groups in total. The van der Waals surface area contributed by atoms with Crippen LogP contribution in [0.3, 0.4) is 0 Å². The van der Waals surface area contributed by atoms with Crippen molar-refractivity contribution in [3.05, 3.63) is 30.1 Å². The van der Waals surface area contributed by atoms with Crippen LogP contribution >= 0.6 is 0 Å². The fourth-order valence-corrected chi connectivity index (χ4v) is 4.58. The van der Waals surface area contributed by atoms with Gasteiger partial charge in [-0.1, -0.05) is 12.1 Å². The molecule has 2 amide bonds. The summed E-state index contributed by atoms with van der Waals surface area (Å²) in [5.41, 5.74) is 6.00. The van der Waals surface area contributed by atoms with E-state index in [9.17, 15) is 18.4 Å². The first kappa shape index (κ1) is 24.7. The number of rotatable bonds is 7. The number of primary amides is 1. The van der Waals surface area contributed by atoms with Crippen molar-refractivity contribution >= 4 is 34.7 Å². The van der Waals surface area contributed by atoms with Crippen LogP contribution in [-0.4, -0.2) is 82.3 Å². The summed E-state index contributed by atoms with van der Waals surface area (Å²) in [5, 5.41) is 2.55. The molecule has 196 valence electrons. The smallest absolute Gasteiger partial charge is 0.296 e. The SMILES string of the molecule is NC(=O)CNC(=O)[C@H]1CCCN(c2nc(N3CCOCC3)nc(-n3c(C(F)F)nc4ccccc43)n2)C1. The Morgan fingerprint density at radius 2 is 1.73 bits per heavy atom. The predicted octanol–water partition coefficient (Wildman–Crippen LogP) is 0.803. The van der Waals surface area contributed by atoms with Gasteiger partial charge in [0.15, 0.2) is 5.82 Å². The van der Waals surface area contributed by atoms with Crippen molar-refractivity contribution in [2.45, 2.75) is 19.3 Å². The van der Waals surface area contributed by atoms with Gasteiger partial charge in [0.2, 0.25) is 29.7 Å². The van der Waals surface area contributed by atoms with E-state index in [0.29, 0.717) is 69.2 Å².